The molecule has 0 aromatic rings. The molecule has 59 heavy (non-hydrogen) atoms. The van der Waals surface area contributed by atoms with Crippen LogP contribution in [0.25, 0.3) is 0 Å². The number of carbonyl (C=O) groups is 1. The van der Waals surface area contributed by atoms with Crippen molar-refractivity contribution in [1.29, 1.82) is 0 Å². The summed E-state index contributed by atoms with van der Waals surface area (Å²) in [6.45, 7) is 7.37. The first-order valence-corrected chi connectivity index (χ1v) is 25.2. The SMILES string of the molecule is CCCCCCCCCCCCCCCCCCCCCCC(C)C(=O)N[C@@H](COC1OC(CO)C(O)C(O)C1O)[C@H](O)[C@H](O)C(C)CCCCCCCCCCCC. The van der Waals surface area contributed by atoms with Gasteiger partial charge in [0.05, 0.1) is 25.4 Å². The van der Waals surface area contributed by atoms with Gasteiger partial charge in [0, 0.05) is 5.92 Å². The van der Waals surface area contributed by atoms with Crippen LogP contribution in [0.3, 0.4) is 0 Å². The highest BCUT2D eigenvalue weighted by Gasteiger charge is 2.44. The van der Waals surface area contributed by atoms with Crippen LogP contribution in [-0.2, 0) is 14.3 Å². The molecule has 10 nitrogen and oxygen atoms in total. The van der Waals surface area contributed by atoms with E-state index in [4.69, 9.17) is 9.47 Å². The van der Waals surface area contributed by atoms with Gasteiger partial charge in [-0.15, -0.1) is 0 Å². The molecule has 0 bridgehead atoms. The molecule has 0 aromatic carbocycles. The maximum absolute atomic E-state index is 13.4. The number of hydrogen-bond acceptors (Lipinski definition) is 9. The Morgan fingerprint density at radius 2 is 0.915 bits per heavy atom. The Morgan fingerprint density at radius 1 is 0.542 bits per heavy atom. The number of ether oxygens (including phenoxy) is 2. The highest BCUT2D eigenvalue weighted by atomic mass is 16.7. The minimum Gasteiger partial charge on any atom is -0.394 e. The maximum Gasteiger partial charge on any atom is 0.223 e. The number of nitrogens with one attached hydrogen (secondary N) is 1. The summed E-state index contributed by atoms with van der Waals surface area (Å²) in [7, 11) is 0. The molecular weight excluding hydrogens is 747 g/mol. The third kappa shape index (κ3) is 27.1. The van der Waals surface area contributed by atoms with Gasteiger partial charge < -0.3 is 45.4 Å². The molecule has 1 fully saturated rings. The molecule has 10 atom stereocenters. The second kappa shape index (κ2) is 37.7. The molecule has 10 heteroatoms. The quantitative estimate of drug-likeness (QED) is 0.0296. The van der Waals surface area contributed by atoms with Gasteiger partial charge in [0.15, 0.2) is 6.29 Å². The molecular formula is C49H97NO9. The normalized spacial score (nSPS) is 22.2. The van der Waals surface area contributed by atoms with E-state index < -0.39 is 55.6 Å². The summed E-state index contributed by atoms with van der Waals surface area (Å²) in [5.74, 6) is -0.787. The minimum atomic E-state index is -1.61. The first kappa shape index (κ1) is 56.2. The van der Waals surface area contributed by atoms with Gasteiger partial charge >= 0.3 is 0 Å². The van der Waals surface area contributed by atoms with Crippen molar-refractivity contribution in [3.63, 3.8) is 0 Å². The van der Waals surface area contributed by atoms with E-state index in [1.54, 1.807) is 0 Å². The molecule has 1 aliphatic heterocycles. The number of unbranched alkanes of at least 4 members (excludes halogenated alkanes) is 28. The van der Waals surface area contributed by atoms with Crippen molar-refractivity contribution in [1.82, 2.24) is 5.32 Å². The van der Waals surface area contributed by atoms with Gasteiger partial charge in [0.25, 0.3) is 0 Å². The number of aliphatic hydroxyl groups excluding tert-OH is 6. The fourth-order valence-corrected chi connectivity index (χ4v) is 8.49. The molecule has 0 aromatic heterocycles. The Hall–Kier alpha value is -0.850. The third-order valence-corrected chi connectivity index (χ3v) is 12.9. The Bertz CT molecular complexity index is 941. The van der Waals surface area contributed by atoms with Crippen molar-refractivity contribution in [2.75, 3.05) is 13.2 Å². The van der Waals surface area contributed by atoms with Crippen molar-refractivity contribution in [3.05, 3.63) is 0 Å². The van der Waals surface area contributed by atoms with Crippen LogP contribution >= 0.6 is 0 Å². The number of rotatable bonds is 41. The van der Waals surface area contributed by atoms with Gasteiger partial charge in [0.1, 0.15) is 30.5 Å². The van der Waals surface area contributed by atoms with E-state index in [-0.39, 0.29) is 24.3 Å². The van der Waals surface area contributed by atoms with Crippen LogP contribution in [0, 0.1) is 11.8 Å². The molecule has 0 spiro atoms. The van der Waals surface area contributed by atoms with Gasteiger partial charge in [0.2, 0.25) is 5.91 Å². The maximum atomic E-state index is 13.4. The average Bonchev–Trinajstić information content (AvgIpc) is 3.23. The van der Waals surface area contributed by atoms with E-state index in [9.17, 15) is 35.4 Å². The predicted octanol–water partition coefficient (Wildman–Crippen LogP) is 9.80. The lowest BCUT2D eigenvalue weighted by Crippen LogP contribution is -2.60. The number of carbonyl (C=O) groups excluding carboxylic acids is 1. The first-order valence-electron chi connectivity index (χ1n) is 25.2. The summed E-state index contributed by atoms with van der Waals surface area (Å²) < 4.78 is 11.3. The standard InChI is InChI=1S/C49H97NO9/c1-5-7-9-11-13-15-17-18-19-20-21-22-23-24-25-26-28-30-32-34-36-40(4)48(57)50-41(38-58-49-47(56)46(55)45(54)42(37-51)59-49)44(53)43(52)39(3)35-33-31-29-27-16-14-12-10-8-6-2/h39-47,49,51-56H,5-38H2,1-4H3,(H,50,57)/t39?,40?,41-,42?,43+,44-,45?,46?,47?,49?/m0/s1. The lowest BCUT2D eigenvalue weighted by molar-refractivity contribution is -0.303. The molecule has 0 radical (unpaired) electrons. The summed E-state index contributed by atoms with van der Waals surface area (Å²) in [6.07, 6.45) is 30.2. The van der Waals surface area contributed by atoms with E-state index in [1.165, 1.54) is 154 Å². The van der Waals surface area contributed by atoms with Crippen LogP contribution < -0.4 is 5.32 Å². The second-order valence-electron chi connectivity index (χ2n) is 18.5. The van der Waals surface area contributed by atoms with Crippen LogP contribution in [0.4, 0.5) is 0 Å². The second-order valence-corrected chi connectivity index (χ2v) is 18.5. The molecule has 1 rings (SSSR count). The van der Waals surface area contributed by atoms with E-state index in [1.807, 2.05) is 13.8 Å². The fraction of sp³-hybridized carbons (Fsp3) is 0.980. The van der Waals surface area contributed by atoms with Crippen molar-refractivity contribution < 1.29 is 44.9 Å². The van der Waals surface area contributed by atoms with E-state index in [0.29, 0.717) is 6.42 Å². The predicted molar refractivity (Wildman–Crippen MR) is 241 cm³/mol. The first-order chi connectivity index (χ1) is 28.6. The lowest BCUT2D eigenvalue weighted by atomic mass is 9.90. The van der Waals surface area contributed by atoms with Crippen molar-refractivity contribution in [2.24, 2.45) is 11.8 Å². The zero-order valence-electron chi connectivity index (χ0n) is 38.7. The van der Waals surface area contributed by atoms with Crippen molar-refractivity contribution in [2.45, 2.75) is 282 Å². The van der Waals surface area contributed by atoms with Crippen molar-refractivity contribution in [3.8, 4) is 0 Å². The summed E-state index contributed by atoms with van der Waals surface area (Å²) in [5, 5.41) is 66.1. The van der Waals surface area contributed by atoms with E-state index in [0.717, 1.165) is 44.9 Å². The topological polar surface area (TPSA) is 169 Å². The van der Waals surface area contributed by atoms with Crippen LogP contribution in [0.2, 0.25) is 0 Å². The smallest absolute Gasteiger partial charge is 0.223 e. The summed E-state index contributed by atoms with van der Waals surface area (Å²) in [5.41, 5.74) is 0. The van der Waals surface area contributed by atoms with Gasteiger partial charge in [-0.3, -0.25) is 4.79 Å². The molecule has 1 heterocycles. The Balaban J connectivity index is 2.42. The number of hydrogen-bond donors (Lipinski definition) is 7. The fourth-order valence-electron chi connectivity index (χ4n) is 8.49. The molecule has 0 aliphatic carbocycles. The van der Waals surface area contributed by atoms with Gasteiger partial charge in [-0.2, -0.15) is 0 Å². The molecule has 1 amide bonds. The number of amides is 1. The highest BCUT2D eigenvalue weighted by molar-refractivity contribution is 5.78. The van der Waals surface area contributed by atoms with Gasteiger partial charge in [-0.25, -0.2) is 0 Å². The van der Waals surface area contributed by atoms with Crippen LogP contribution in [0.15, 0.2) is 0 Å². The summed E-state index contributed by atoms with van der Waals surface area (Å²) >= 11 is 0. The Labute approximate surface area is 362 Å². The average molecular weight is 844 g/mol. The molecule has 1 aliphatic rings. The lowest BCUT2D eigenvalue weighted by Gasteiger charge is -2.40. The Morgan fingerprint density at radius 3 is 1.31 bits per heavy atom. The molecule has 0 saturated carbocycles. The summed E-state index contributed by atoms with van der Waals surface area (Å²) in [4.78, 5) is 13.4. The monoisotopic (exact) mass is 844 g/mol. The van der Waals surface area contributed by atoms with Crippen LogP contribution in [-0.4, -0.2) is 98.7 Å². The third-order valence-electron chi connectivity index (χ3n) is 12.9. The largest absolute Gasteiger partial charge is 0.394 e. The molecule has 7 unspecified atom stereocenters. The zero-order valence-corrected chi connectivity index (χ0v) is 38.7. The van der Waals surface area contributed by atoms with Crippen LogP contribution in [0.5, 0.6) is 0 Å². The van der Waals surface area contributed by atoms with E-state index >= 15 is 0 Å². The highest BCUT2D eigenvalue weighted by Crippen LogP contribution is 2.24. The van der Waals surface area contributed by atoms with Gasteiger partial charge in [-0.05, 0) is 18.8 Å². The Kier molecular flexibility index (Phi) is 35.9. The summed E-state index contributed by atoms with van der Waals surface area (Å²) in [6, 6.07) is -1.02. The van der Waals surface area contributed by atoms with Gasteiger partial charge in [-0.1, -0.05) is 220 Å². The minimum absolute atomic E-state index is 0.225. The molecule has 1 saturated heterocycles. The molecule has 352 valence electrons. The van der Waals surface area contributed by atoms with Crippen LogP contribution in [0.1, 0.15) is 233 Å². The van der Waals surface area contributed by atoms with Crippen molar-refractivity contribution >= 4 is 5.91 Å². The van der Waals surface area contributed by atoms with E-state index in [2.05, 4.69) is 19.2 Å². The zero-order chi connectivity index (χ0) is 43.5. The molecule has 7 N–H and O–H groups in total. The number of aliphatic hydroxyl groups is 6.